The minimum absolute atomic E-state index is 0.229. The van der Waals surface area contributed by atoms with E-state index < -0.39 is 12.1 Å². The summed E-state index contributed by atoms with van der Waals surface area (Å²) in [4.78, 5) is 23.4. The van der Waals surface area contributed by atoms with Gasteiger partial charge in [-0.3, -0.25) is 0 Å². The molecule has 2 aromatic carbocycles. The lowest BCUT2D eigenvalue weighted by Crippen LogP contribution is -2.25. The van der Waals surface area contributed by atoms with Gasteiger partial charge in [0.2, 0.25) is 0 Å². The van der Waals surface area contributed by atoms with Crippen LogP contribution in [0, 0.1) is 0 Å². The molecule has 5 heteroatoms. The molecule has 0 fully saturated rings. The van der Waals surface area contributed by atoms with Gasteiger partial charge in [0.05, 0.1) is 0 Å². The Labute approximate surface area is 153 Å². The molecule has 26 heavy (non-hydrogen) atoms. The number of rotatable bonds is 8. The van der Waals surface area contributed by atoms with Gasteiger partial charge in [-0.05, 0) is 24.5 Å². The molecule has 1 N–H and O–H groups in total. The normalized spacial score (nSPS) is 10.9. The number of amides is 1. The van der Waals surface area contributed by atoms with Crippen LogP contribution in [0.2, 0.25) is 0 Å². The van der Waals surface area contributed by atoms with Crippen molar-refractivity contribution in [3.05, 3.63) is 83.4 Å². The van der Waals surface area contributed by atoms with Crippen molar-refractivity contribution in [2.75, 3.05) is 6.54 Å². The summed E-state index contributed by atoms with van der Waals surface area (Å²) in [5.41, 5.74) is 2.70. The second-order valence-electron chi connectivity index (χ2n) is 5.82. The summed E-state index contributed by atoms with van der Waals surface area (Å²) in [7, 11) is 0. The number of hydrogen-bond acceptors (Lipinski definition) is 4. The molecule has 0 spiro atoms. The summed E-state index contributed by atoms with van der Waals surface area (Å²) in [6.07, 6.45) is 1.51. The van der Waals surface area contributed by atoms with Gasteiger partial charge in [-0.15, -0.1) is 0 Å². The van der Waals surface area contributed by atoms with E-state index in [-0.39, 0.29) is 13.2 Å². The number of alkyl carbamates (subject to hydrolysis) is 1. The van der Waals surface area contributed by atoms with Gasteiger partial charge in [-0.2, -0.15) is 0 Å². The lowest BCUT2D eigenvalue weighted by atomic mass is 10.2. The number of carbonyl (C=O) groups is 2. The predicted molar refractivity (Wildman–Crippen MR) is 99.2 cm³/mol. The molecule has 0 unspecified atom stereocenters. The Morgan fingerprint density at radius 1 is 0.885 bits per heavy atom. The van der Waals surface area contributed by atoms with Crippen molar-refractivity contribution in [1.29, 1.82) is 0 Å². The first kappa shape index (κ1) is 19.2. The van der Waals surface area contributed by atoms with E-state index in [1.807, 2.05) is 67.6 Å². The topological polar surface area (TPSA) is 64.6 Å². The Morgan fingerprint density at radius 3 is 2.00 bits per heavy atom. The maximum atomic E-state index is 11.8. The van der Waals surface area contributed by atoms with Crippen LogP contribution in [0.1, 0.15) is 24.5 Å². The van der Waals surface area contributed by atoms with Crippen molar-refractivity contribution in [3.8, 4) is 0 Å². The highest BCUT2D eigenvalue weighted by molar-refractivity contribution is 5.82. The number of carbonyl (C=O) groups excluding carboxylic acids is 2. The zero-order valence-electron chi connectivity index (χ0n) is 14.8. The molecule has 136 valence electrons. The van der Waals surface area contributed by atoms with Crippen LogP contribution in [0.15, 0.2) is 72.3 Å². The molecule has 0 heterocycles. The zero-order valence-corrected chi connectivity index (χ0v) is 14.8. The van der Waals surface area contributed by atoms with Crippen molar-refractivity contribution < 1.29 is 19.1 Å². The molecule has 2 aromatic rings. The number of esters is 1. The molecule has 0 aromatic heterocycles. The first-order chi connectivity index (χ1) is 12.6. The molecule has 0 saturated heterocycles. The van der Waals surface area contributed by atoms with Crippen LogP contribution in [0.25, 0.3) is 0 Å². The molecule has 1 amide bonds. The number of ether oxygens (including phenoxy) is 2. The number of benzene rings is 2. The van der Waals surface area contributed by atoms with Crippen molar-refractivity contribution in [3.63, 3.8) is 0 Å². The number of nitrogens with one attached hydrogen (secondary N) is 1. The van der Waals surface area contributed by atoms with Gasteiger partial charge >= 0.3 is 12.1 Å². The van der Waals surface area contributed by atoms with E-state index >= 15 is 0 Å². The maximum absolute atomic E-state index is 11.8. The Balaban J connectivity index is 1.62. The van der Waals surface area contributed by atoms with Crippen LogP contribution in [-0.2, 0) is 27.5 Å². The summed E-state index contributed by atoms with van der Waals surface area (Å²) in [5, 5.41) is 2.66. The van der Waals surface area contributed by atoms with E-state index in [9.17, 15) is 9.59 Å². The molecule has 0 aliphatic heterocycles. The Bertz CT molecular complexity index is 726. The van der Waals surface area contributed by atoms with Crippen LogP contribution in [0.4, 0.5) is 4.79 Å². The van der Waals surface area contributed by atoms with Gasteiger partial charge < -0.3 is 14.8 Å². The zero-order chi connectivity index (χ0) is 18.6. The quantitative estimate of drug-likeness (QED) is 0.576. The molecule has 5 nitrogen and oxygen atoms in total. The van der Waals surface area contributed by atoms with Crippen molar-refractivity contribution in [2.45, 2.75) is 26.6 Å². The van der Waals surface area contributed by atoms with Crippen molar-refractivity contribution in [2.24, 2.45) is 0 Å². The van der Waals surface area contributed by atoms with Crippen LogP contribution in [-0.4, -0.2) is 18.6 Å². The van der Waals surface area contributed by atoms with E-state index in [1.165, 1.54) is 6.08 Å². The summed E-state index contributed by atoms with van der Waals surface area (Å²) >= 11 is 0. The predicted octanol–water partition coefficient (Wildman–Crippen LogP) is 3.99. The van der Waals surface area contributed by atoms with Gasteiger partial charge in [0.25, 0.3) is 0 Å². The van der Waals surface area contributed by atoms with Gasteiger partial charge in [0.1, 0.15) is 13.2 Å². The average Bonchev–Trinajstić information content (AvgIpc) is 2.66. The monoisotopic (exact) mass is 353 g/mol. The fourth-order valence-electron chi connectivity index (χ4n) is 2.18. The smallest absolute Gasteiger partial charge is 0.407 e. The van der Waals surface area contributed by atoms with Crippen molar-refractivity contribution >= 4 is 12.1 Å². The van der Waals surface area contributed by atoms with Gasteiger partial charge in [0.15, 0.2) is 0 Å². The molecule has 0 radical (unpaired) electrons. The van der Waals surface area contributed by atoms with E-state index in [2.05, 4.69) is 5.32 Å². The van der Waals surface area contributed by atoms with Crippen molar-refractivity contribution in [1.82, 2.24) is 5.32 Å². The van der Waals surface area contributed by atoms with Crippen LogP contribution >= 0.6 is 0 Å². The molecular weight excluding hydrogens is 330 g/mol. The second kappa shape index (κ2) is 10.7. The van der Waals surface area contributed by atoms with Gasteiger partial charge in [-0.1, -0.05) is 66.2 Å². The summed E-state index contributed by atoms with van der Waals surface area (Å²) in [6, 6.07) is 19.0. The van der Waals surface area contributed by atoms with E-state index in [1.54, 1.807) is 0 Å². The Morgan fingerprint density at radius 2 is 1.42 bits per heavy atom. The largest absolute Gasteiger partial charge is 0.458 e. The fraction of sp³-hybridized carbons (Fsp3) is 0.238. The van der Waals surface area contributed by atoms with Gasteiger partial charge in [0, 0.05) is 12.6 Å². The summed E-state index contributed by atoms with van der Waals surface area (Å²) in [5.74, 6) is -0.391. The van der Waals surface area contributed by atoms with Crippen LogP contribution < -0.4 is 5.32 Å². The summed E-state index contributed by atoms with van der Waals surface area (Å²) < 4.78 is 10.3. The first-order valence-electron chi connectivity index (χ1n) is 8.46. The fourth-order valence-corrected chi connectivity index (χ4v) is 2.18. The van der Waals surface area contributed by atoms with Gasteiger partial charge in [-0.25, -0.2) is 9.59 Å². The highest BCUT2D eigenvalue weighted by atomic mass is 16.5. The number of hydrogen-bond donors (Lipinski definition) is 1. The minimum Gasteiger partial charge on any atom is -0.458 e. The molecule has 0 atom stereocenters. The van der Waals surface area contributed by atoms with E-state index in [0.717, 1.165) is 16.7 Å². The van der Waals surface area contributed by atoms with E-state index in [0.29, 0.717) is 13.0 Å². The van der Waals surface area contributed by atoms with E-state index in [4.69, 9.17) is 9.47 Å². The van der Waals surface area contributed by atoms with Crippen LogP contribution in [0.5, 0.6) is 0 Å². The Hall–Kier alpha value is -3.08. The Kier molecular flexibility index (Phi) is 7.93. The average molecular weight is 353 g/mol. The SMILES string of the molecule is C/C(=C\C(=O)OCc1ccccc1)CCNC(=O)OCc1ccccc1. The highest BCUT2D eigenvalue weighted by Crippen LogP contribution is 2.04. The lowest BCUT2D eigenvalue weighted by Gasteiger charge is -2.07. The molecule has 0 saturated carbocycles. The molecule has 0 aliphatic rings. The molecule has 0 aliphatic carbocycles. The van der Waals surface area contributed by atoms with Crippen LogP contribution in [0.3, 0.4) is 0 Å². The molecule has 0 bridgehead atoms. The third-order valence-corrected chi connectivity index (χ3v) is 3.59. The summed E-state index contributed by atoms with van der Waals surface area (Å²) in [6.45, 7) is 2.68. The standard InChI is InChI=1S/C21H23NO4/c1-17(14-20(23)25-15-18-8-4-2-5-9-18)12-13-22-21(24)26-16-19-10-6-3-7-11-19/h2-11,14H,12-13,15-16H2,1H3,(H,22,24)/b17-14+. The third-order valence-electron chi connectivity index (χ3n) is 3.59. The first-order valence-corrected chi connectivity index (χ1v) is 8.46. The maximum Gasteiger partial charge on any atom is 0.407 e. The third kappa shape index (κ3) is 7.66. The second-order valence-corrected chi connectivity index (χ2v) is 5.82. The molecule has 2 rings (SSSR count). The lowest BCUT2D eigenvalue weighted by molar-refractivity contribution is -0.139. The minimum atomic E-state index is -0.478. The highest BCUT2D eigenvalue weighted by Gasteiger charge is 2.04. The molecular formula is C21H23NO4.